The summed E-state index contributed by atoms with van der Waals surface area (Å²) in [5.41, 5.74) is 2.25. The fourth-order valence-corrected chi connectivity index (χ4v) is 2.14. The van der Waals surface area contributed by atoms with E-state index < -0.39 is 18.5 Å². The molecule has 2 aromatic carbocycles. The smallest absolute Gasteiger partial charge is 0.344 e. The second-order valence-electron chi connectivity index (χ2n) is 5.63. The number of hydrogen-bond acceptors (Lipinski definition) is 5. The predicted molar refractivity (Wildman–Crippen MR) is 97.4 cm³/mol. The average Bonchev–Trinajstić information content (AvgIpc) is 2.65. The van der Waals surface area contributed by atoms with E-state index in [1.54, 1.807) is 36.4 Å². The van der Waals surface area contributed by atoms with Crippen molar-refractivity contribution in [2.75, 3.05) is 18.5 Å². The molecule has 1 N–H and O–H groups in total. The molecule has 2 aromatic rings. The van der Waals surface area contributed by atoms with Gasteiger partial charge in [0.05, 0.1) is 0 Å². The first-order chi connectivity index (χ1) is 12.5. The van der Waals surface area contributed by atoms with E-state index in [2.05, 4.69) is 12.2 Å². The van der Waals surface area contributed by atoms with E-state index >= 15 is 0 Å². The number of esters is 1. The summed E-state index contributed by atoms with van der Waals surface area (Å²) in [6.07, 6.45) is 0.926. The summed E-state index contributed by atoms with van der Waals surface area (Å²) in [6.45, 7) is 2.83. The molecular weight excluding hydrogens is 334 g/mol. The Bertz CT molecular complexity index is 766. The van der Waals surface area contributed by atoms with Gasteiger partial charge < -0.3 is 14.8 Å². The van der Waals surface area contributed by atoms with Crippen molar-refractivity contribution in [2.45, 2.75) is 20.3 Å². The number of carbonyl (C=O) groups excluding carboxylic acids is 3. The molecule has 0 aliphatic carbocycles. The van der Waals surface area contributed by atoms with Gasteiger partial charge in [-0.2, -0.15) is 0 Å². The Kier molecular flexibility index (Phi) is 6.91. The molecule has 6 nitrogen and oxygen atoms in total. The summed E-state index contributed by atoms with van der Waals surface area (Å²) in [5.74, 6) is -0.594. The molecule has 0 heterocycles. The van der Waals surface area contributed by atoms with E-state index in [9.17, 15) is 14.4 Å². The van der Waals surface area contributed by atoms with Crippen LogP contribution in [0.5, 0.6) is 5.75 Å². The molecule has 0 fully saturated rings. The molecule has 0 radical (unpaired) electrons. The Morgan fingerprint density at radius 2 is 1.58 bits per heavy atom. The molecule has 1 amide bonds. The molecule has 0 aromatic heterocycles. The van der Waals surface area contributed by atoms with Crippen molar-refractivity contribution in [1.29, 1.82) is 0 Å². The summed E-state index contributed by atoms with van der Waals surface area (Å²) < 4.78 is 10.2. The number of hydrogen-bond donors (Lipinski definition) is 1. The number of carbonyl (C=O) groups is 3. The summed E-state index contributed by atoms with van der Waals surface area (Å²) >= 11 is 0. The number of ether oxygens (including phenoxy) is 2. The molecule has 2 rings (SSSR count). The first-order valence-corrected chi connectivity index (χ1v) is 8.26. The number of Topliss-reactive ketones (excluding diaryl/α,β-unsaturated/α-hetero) is 1. The van der Waals surface area contributed by atoms with Crippen molar-refractivity contribution in [1.82, 2.24) is 0 Å². The minimum atomic E-state index is -0.633. The van der Waals surface area contributed by atoms with Gasteiger partial charge in [-0.05, 0) is 55.3 Å². The second kappa shape index (κ2) is 9.36. The Morgan fingerprint density at radius 3 is 2.15 bits per heavy atom. The van der Waals surface area contributed by atoms with Crippen LogP contribution in [0.15, 0.2) is 48.5 Å². The van der Waals surface area contributed by atoms with Crippen LogP contribution in [0.1, 0.15) is 29.8 Å². The van der Waals surface area contributed by atoms with Gasteiger partial charge >= 0.3 is 5.97 Å². The number of amides is 1. The average molecular weight is 355 g/mol. The van der Waals surface area contributed by atoms with Crippen LogP contribution in [-0.2, 0) is 20.7 Å². The van der Waals surface area contributed by atoms with Crippen molar-refractivity contribution in [3.8, 4) is 5.75 Å². The molecule has 0 saturated heterocycles. The number of rotatable bonds is 8. The zero-order chi connectivity index (χ0) is 18.9. The number of aryl methyl sites for hydroxylation is 1. The minimum Gasteiger partial charge on any atom is -0.482 e. The fourth-order valence-electron chi connectivity index (χ4n) is 2.14. The van der Waals surface area contributed by atoms with E-state index in [4.69, 9.17) is 9.47 Å². The van der Waals surface area contributed by atoms with Crippen molar-refractivity contribution < 1.29 is 23.9 Å². The monoisotopic (exact) mass is 355 g/mol. The Hall–Kier alpha value is -3.15. The van der Waals surface area contributed by atoms with Gasteiger partial charge in [0.1, 0.15) is 5.75 Å². The zero-order valence-electron chi connectivity index (χ0n) is 14.8. The third kappa shape index (κ3) is 6.05. The van der Waals surface area contributed by atoms with Crippen LogP contribution < -0.4 is 10.1 Å². The summed E-state index contributed by atoms with van der Waals surface area (Å²) in [5, 5.41) is 2.58. The van der Waals surface area contributed by atoms with Gasteiger partial charge in [-0.3, -0.25) is 9.59 Å². The molecule has 0 aliphatic heterocycles. The Balaban J connectivity index is 1.72. The number of anilines is 1. The maximum atomic E-state index is 11.8. The largest absolute Gasteiger partial charge is 0.482 e. The highest BCUT2D eigenvalue weighted by atomic mass is 16.6. The van der Waals surface area contributed by atoms with E-state index in [0.29, 0.717) is 17.0 Å². The first-order valence-electron chi connectivity index (χ1n) is 8.26. The minimum absolute atomic E-state index is 0.0545. The lowest BCUT2D eigenvalue weighted by atomic mass is 10.1. The summed E-state index contributed by atoms with van der Waals surface area (Å²) in [7, 11) is 0. The lowest BCUT2D eigenvalue weighted by molar-refractivity contribution is -0.149. The highest BCUT2D eigenvalue weighted by Crippen LogP contribution is 2.12. The molecular formula is C20H21NO5. The Labute approximate surface area is 152 Å². The topological polar surface area (TPSA) is 81.7 Å². The maximum absolute atomic E-state index is 11.8. The van der Waals surface area contributed by atoms with Gasteiger partial charge in [-0.15, -0.1) is 0 Å². The molecule has 0 atom stereocenters. The Morgan fingerprint density at radius 1 is 0.923 bits per heavy atom. The molecule has 0 aliphatic rings. The SMILES string of the molecule is CCc1ccc(OCC(=O)OCC(=O)Nc2ccc(C(C)=O)cc2)cc1. The van der Waals surface area contributed by atoms with Crippen LogP contribution in [0.3, 0.4) is 0 Å². The quantitative estimate of drug-likeness (QED) is 0.581. The molecule has 136 valence electrons. The molecule has 0 unspecified atom stereocenters. The predicted octanol–water partition coefficient (Wildman–Crippen LogP) is 3.01. The van der Waals surface area contributed by atoms with Crippen LogP contribution in [-0.4, -0.2) is 30.9 Å². The van der Waals surface area contributed by atoms with E-state index in [1.165, 1.54) is 12.5 Å². The summed E-state index contributed by atoms with van der Waals surface area (Å²) in [6, 6.07) is 13.9. The molecule has 26 heavy (non-hydrogen) atoms. The van der Waals surface area contributed by atoms with E-state index in [1.807, 2.05) is 12.1 Å². The number of ketones is 1. The normalized spacial score (nSPS) is 10.1. The number of nitrogens with one attached hydrogen (secondary N) is 1. The third-order valence-corrected chi connectivity index (χ3v) is 3.63. The second-order valence-corrected chi connectivity index (χ2v) is 5.63. The highest BCUT2D eigenvalue weighted by molar-refractivity contribution is 5.96. The van der Waals surface area contributed by atoms with E-state index in [-0.39, 0.29) is 12.4 Å². The summed E-state index contributed by atoms with van der Waals surface area (Å²) in [4.78, 5) is 34.6. The van der Waals surface area contributed by atoms with Crippen LogP contribution in [0, 0.1) is 0 Å². The van der Waals surface area contributed by atoms with Crippen molar-refractivity contribution in [3.63, 3.8) is 0 Å². The van der Waals surface area contributed by atoms with Crippen molar-refractivity contribution in [3.05, 3.63) is 59.7 Å². The maximum Gasteiger partial charge on any atom is 0.344 e. The van der Waals surface area contributed by atoms with Crippen molar-refractivity contribution in [2.24, 2.45) is 0 Å². The van der Waals surface area contributed by atoms with Crippen LogP contribution in [0.4, 0.5) is 5.69 Å². The lowest BCUT2D eigenvalue weighted by Crippen LogP contribution is -2.23. The van der Waals surface area contributed by atoms with Gasteiger partial charge in [0.2, 0.25) is 0 Å². The molecule has 0 spiro atoms. The van der Waals surface area contributed by atoms with Gasteiger partial charge in [0.15, 0.2) is 19.0 Å². The molecule has 6 heteroatoms. The fraction of sp³-hybridized carbons (Fsp3) is 0.250. The zero-order valence-corrected chi connectivity index (χ0v) is 14.8. The van der Waals surface area contributed by atoms with Gasteiger partial charge in [0, 0.05) is 11.3 Å². The van der Waals surface area contributed by atoms with E-state index in [0.717, 1.165) is 6.42 Å². The standard InChI is InChI=1S/C20H21NO5/c1-3-15-4-10-18(11-5-15)25-13-20(24)26-12-19(23)21-17-8-6-16(7-9-17)14(2)22/h4-11H,3,12-13H2,1-2H3,(H,21,23). The van der Waals surface area contributed by atoms with Gasteiger partial charge in [-0.25, -0.2) is 4.79 Å². The highest BCUT2D eigenvalue weighted by Gasteiger charge is 2.09. The first kappa shape index (κ1) is 19.2. The van der Waals surface area contributed by atoms with Gasteiger partial charge in [-0.1, -0.05) is 19.1 Å². The lowest BCUT2D eigenvalue weighted by Gasteiger charge is -2.08. The van der Waals surface area contributed by atoms with Crippen LogP contribution >= 0.6 is 0 Å². The third-order valence-electron chi connectivity index (χ3n) is 3.63. The van der Waals surface area contributed by atoms with Gasteiger partial charge in [0.25, 0.3) is 5.91 Å². The van der Waals surface area contributed by atoms with Crippen LogP contribution in [0.2, 0.25) is 0 Å². The van der Waals surface area contributed by atoms with Crippen LogP contribution in [0.25, 0.3) is 0 Å². The van der Waals surface area contributed by atoms with Crippen molar-refractivity contribution >= 4 is 23.3 Å². The molecule has 0 bridgehead atoms. The molecule has 0 saturated carbocycles. The number of benzene rings is 2.